The van der Waals surface area contributed by atoms with Gasteiger partial charge in [0.2, 0.25) is 0 Å². The lowest BCUT2D eigenvalue weighted by Gasteiger charge is -2.00. The van der Waals surface area contributed by atoms with Crippen LogP contribution in [0.15, 0.2) is 18.5 Å². The van der Waals surface area contributed by atoms with Gasteiger partial charge < -0.3 is 5.73 Å². The average Bonchev–Trinajstić information content (AvgIpc) is 2.61. The normalized spacial score (nSPS) is 10.7. The van der Waals surface area contributed by atoms with Gasteiger partial charge in [0, 0.05) is 19.3 Å². The van der Waals surface area contributed by atoms with Crippen molar-refractivity contribution in [3.8, 4) is 0 Å². The lowest BCUT2D eigenvalue weighted by atomic mass is 10.4. The monoisotopic (exact) mass is 191 g/mol. The van der Waals surface area contributed by atoms with Gasteiger partial charge >= 0.3 is 0 Å². The maximum absolute atomic E-state index is 5.58. The van der Waals surface area contributed by atoms with E-state index in [4.69, 9.17) is 5.73 Å². The van der Waals surface area contributed by atoms with Crippen LogP contribution in [-0.4, -0.2) is 19.6 Å². The summed E-state index contributed by atoms with van der Waals surface area (Å²) in [6, 6.07) is 1.86. The highest BCUT2D eigenvalue weighted by atomic mass is 15.3. The van der Waals surface area contributed by atoms with E-state index in [1.807, 2.05) is 37.1 Å². The molecule has 0 radical (unpaired) electrons. The molecule has 0 spiro atoms. The first kappa shape index (κ1) is 8.80. The number of aryl methyl sites for hydroxylation is 2. The minimum atomic E-state index is 0.548. The molecule has 14 heavy (non-hydrogen) atoms. The third-order valence-electron chi connectivity index (χ3n) is 2.08. The summed E-state index contributed by atoms with van der Waals surface area (Å²) in [6.45, 7) is 2.72. The Labute approximate surface area is 82.1 Å². The number of nitrogens with zero attached hydrogens (tertiary/aromatic N) is 4. The molecular formula is C9H13N5. The molecule has 0 amide bonds. The molecule has 5 nitrogen and oxygen atoms in total. The number of aromatic nitrogens is 4. The van der Waals surface area contributed by atoms with Crippen LogP contribution in [-0.2, 0) is 13.6 Å². The first-order chi connectivity index (χ1) is 6.65. The van der Waals surface area contributed by atoms with Gasteiger partial charge in [-0.25, -0.2) is 0 Å². The molecule has 2 N–H and O–H groups in total. The largest absolute Gasteiger partial charge is 0.382 e. The van der Waals surface area contributed by atoms with Crippen LogP contribution in [0.1, 0.15) is 11.3 Å². The highest BCUT2D eigenvalue weighted by Crippen LogP contribution is 2.06. The number of anilines is 1. The van der Waals surface area contributed by atoms with Crippen LogP contribution in [0.4, 0.5) is 5.82 Å². The van der Waals surface area contributed by atoms with Crippen molar-refractivity contribution in [3.63, 3.8) is 0 Å². The summed E-state index contributed by atoms with van der Waals surface area (Å²) < 4.78 is 3.64. The molecular weight excluding hydrogens is 178 g/mol. The van der Waals surface area contributed by atoms with E-state index in [0.717, 1.165) is 11.3 Å². The molecule has 0 unspecified atom stereocenters. The fourth-order valence-corrected chi connectivity index (χ4v) is 1.40. The maximum atomic E-state index is 5.58. The molecule has 0 saturated carbocycles. The second-order valence-corrected chi connectivity index (χ2v) is 3.40. The number of nitrogen functional groups attached to an aromatic ring is 1. The van der Waals surface area contributed by atoms with E-state index in [-0.39, 0.29) is 0 Å². The fourth-order valence-electron chi connectivity index (χ4n) is 1.40. The highest BCUT2D eigenvalue weighted by molar-refractivity contribution is 5.29. The van der Waals surface area contributed by atoms with E-state index in [1.165, 1.54) is 0 Å². The van der Waals surface area contributed by atoms with Gasteiger partial charge in [-0.3, -0.25) is 9.36 Å². The van der Waals surface area contributed by atoms with Crippen LogP contribution in [0.2, 0.25) is 0 Å². The average molecular weight is 191 g/mol. The van der Waals surface area contributed by atoms with Crippen molar-refractivity contribution in [2.75, 3.05) is 5.73 Å². The molecule has 2 rings (SSSR count). The SMILES string of the molecule is Cc1cnn(Cc2cc(N)nn2C)c1. The molecule has 2 aromatic heterocycles. The lowest BCUT2D eigenvalue weighted by molar-refractivity contribution is 0.620. The van der Waals surface area contributed by atoms with Gasteiger partial charge in [0.05, 0.1) is 18.4 Å². The molecule has 0 aromatic carbocycles. The second kappa shape index (κ2) is 3.17. The third kappa shape index (κ3) is 1.61. The summed E-state index contributed by atoms with van der Waals surface area (Å²) >= 11 is 0. The van der Waals surface area contributed by atoms with Crippen molar-refractivity contribution in [1.82, 2.24) is 19.6 Å². The van der Waals surface area contributed by atoms with Gasteiger partial charge in [0.15, 0.2) is 0 Å². The first-order valence-electron chi connectivity index (χ1n) is 4.42. The van der Waals surface area contributed by atoms with E-state index >= 15 is 0 Å². The number of hydrogen-bond acceptors (Lipinski definition) is 3. The summed E-state index contributed by atoms with van der Waals surface area (Å²) in [7, 11) is 1.88. The number of hydrogen-bond donors (Lipinski definition) is 1. The zero-order valence-corrected chi connectivity index (χ0v) is 8.31. The molecule has 0 fully saturated rings. The fraction of sp³-hybridized carbons (Fsp3) is 0.333. The maximum Gasteiger partial charge on any atom is 0.145 e. The Morgan fingerprint density at radius 1 is 1.50 bits per heavy atom. The Morgan fingerprint density at radius 2 is 2.29 bits per heavy atom. The Morgan fingerprint density at radius 3 is 2.79 bits per heavy atom. The standard InChI is InChI=1S/C9H13N5/c1-7-4-11-14(5-7)6-8-3-9(10)12-13(8)2/h3-5H,6H2,1-2H3,(H2,10,12). The van der Waals surface area contributed by atoms with E-state index in [0.29, 0.717) is 12.4 Å². The summed E-state index contributed by atoms with van der Waals surface area (Å²) in [6.07, 6.45) is 3.82. The van der Waals surface area contributed by atoms with E-state index < -0.39 is 0 Å². The Balaban J connectivity index is 2.22. The molecule has 74 valence electrons. The first-order valence-corrected chi connectivity index (χ1v) is 4.42. The third-order valence-corrected chi connectivity index (χ3v) is 2.08. The molecule has 0 atom stereocenters. The van der Waals surface area contributed by atoms with Crippen molar-refractivity contribution in [2.45, 2.75) is 13.5 Å². The minimum absolute atomic E-state index is 0.548. The van der Waals surface area contributed by atoms with E-state index in [2.05, 4.69) is 10.2 Å². The van der Waals surface area contributed by atoms with Gasteiger partial charge in [-0.1, -0.05) is 0 Å². The van der Waals surface area contributed by atoms with Crippen molar-refractivity contribution >= 4 is 5.82 Å². The molecule has 5 heteroatoms. The Kier molecular flexibility index (Phi) is 1.99. The smallest absolute Gasteiger partial charge is 0.145 e. The Hall–Kier alpha value is -1.78. The van der Waals surface area contributed by atoms with E-state index in [9.17, 15) is 0 Å². The zero-order valence-electron chi connectivity index (χ0n) is 8.31. The summed E-state index contributed by atoms with van der Waals surface area (Å²) in [5.74, 6) is 0.548. The predicted molar refractivity (Wildman–Crippen MR) is 53.7 cm³/mol. The van der Waals surface area contributed by atoms with Crippen LogP contribution in [0.3, 0.4) is 0 Å². The van der Waals surface area contributed by atoms with Crippen molar-refractivity contribution < 1.29 is 0 Å². The van der Waals surface area contributed by atoms with Gasteiger partial charge in [-0.2, -0.15) is 10.2 Å². The van der Waals surface area contributed by atoms with Gasteiger partial charge in [0.25, 0.3) is 0 Å². The van der Waals surface area contributed by atoms with Crippen LogP contribution >= 0.6 is 0 Å². The summed E-state index contributed by atoms with van der Waals surface area (Å²) in [4.78, 5) is 0. The lowest BCUT2D eigenvalue weighted by Crippen LogP contribution is -2.05. The van der Waals surface area contributed by atoms with Crippen LogP contribution in [0, 0.1) is 6.92 Å². The van der Waals surface area contributed by atoms with Crippen LogP contribution in [0.5, 0.6) is 0 Å². The van der Waals surface area contributed by atoms with Gasteiger partial charge in [-0.05, 0) is 12.5 Å². The van der Waals surface area contributed by atoms with E-state index in [1.54, 1.807) is 4.68 Å². The van der Waals surface area contributed by atoms with Crippen LogP contribution < -0.4 is 5.73 Å². The number of rotatable bonds is 2. The Bertz CT molecular complexity index is 440. The highest BCUT2D eigenvalue weighted by Gasteiger charge is 2.03. The van der Waals surface area contributed by atoms with Crippen molar-refractivity contribution in [2.24, 2.45) is 7.05 Å². The minimum Gasteiger partial charge on any atom is -0.382 e. The molecule has 0 saturated heterocycles. The molecule has 2 aromatic rings. The topological polar surface area (TPSA) is 61.7 Å². The van der Waals surface area contributed by atoms with Gasteiger partial charge in [0.1, 0.15) is 5.82 Å². The molecule has 0 aliphatic rings. The predicted octanol–water partition coefficient (Wildman–Crippen LogP) is 0.556. The van der Waals surface area contributed by atoms with Crippen LogP contribution in [0.25, 0.3) is 0 Å². The van der Waals surface area contributed by atoms with Crippen molar-refractivity contribution in [3.05, 3.63) is 29.7 Å². The second-order valence-electron chi connectivity index (χ2n) is 3.40. The summed E-state index contributed by atoms with van der Waals surface area (Å²) in [5, 5.41) is 8.26. The zero-order chi connectivity index (χ0) is 10.1. The molecule has 0 aliphatic carbocycles. The molecule has 2 heterocycles. The number of nitrogens with two attached hydrogens (primary N) is 1. The van der Waals surface area contributed by atoms with Gasteiger partial charge in [-0.15, -0.1) is 0 Å². The summed E-state index contributed by atoms with van der Waals surface area (Å²) in [5.41, 5.74) is 7.78. The molecule has 0 aliphatic heterocycles. The molecule has 0 bridgehead atoms. The quantitative estimate of drug-likeness (QED) is 0.754. The van der Waals surface area contributed by atoms with Crippen molar-refractivity contribution in [1.29, 1.82) is 0 Å².